The van der Waals surface area contributed by atoms with E-state index in [0.29, 0.717) is 0 Å². The first-order valence-corrected chi connectivity index (χ1v) is 6.71. The van der Waals surface area contributed by atoms with E-state index in [2.05, 4.69) is 10.0 Å². The van der Waals surface area contributed by atoms with E-state index in [1.165, 1.54) is 0 Å². The molecule has 2 N–H and O–H groups in total. The van der Waals surface area contributed by atoms with Crippen LogP contribution in [0.15, 0.2) is 0 Å². The highest BCUT2D eigenvalue weighted by Crippen LogP contribution is 2.18. The average molecular weight is 245 g/mol. The first kappa shape index (κ1) is 12.9. The van der Waals surface area contributed by atoms with Gasteiger partial charge in [-0.05, 0) is 19.3 Å². The quantitative estimate of drug-likeness (QED) is 0.658. The van der Waals surface area contributed by atoms with Gasteiger partial charge in [0.2, 0.25) is 15.9 Å². The minimum atomic E-state index is -3.70. The summed E-state index contributed by atoms with van der Waals surface area (Å²) in [6, 6.07) is 1.89. The number of rotatable bonds is 6. The Balaban J connectivity index is 2.40. The van der Waals surface area contributed by atoms with E-state index in [0.717, 1.165) is 12.8 Å². The van der Waals surface area contributed by atoms with Gasteiger partial charge >= 0.3 is 0 Å². The Morgan fingerprint density at radius 1 is 1.56 bits per heavy atom. The molecule has 1 unspecified atom stereocenters. The number of nitrogens with one attached hydrogen (secondary N) is 2. The molecule has 0 aromatic heterocycles. The summed E-state index contributed by atoms with van der Waals surface area (Å²) >= 11 is 0. The maximum Gasteiger partial charge on any atom is 0.235 e. The van der Waals surface area contributed by atoms with E-state index in [-0.39, 0.29) is 24.9 Å². The van der Waals surface area contributed by atoms with Gasteiger partial charge < -0.3 is 5.32 Å². The number of carbonyl (C=O) groups is 1. The second kappa shape index (κ2) is 5.27. The molecule has 0 heterocycles. The number of nitriles is 1. The van der Waals surface area contributed by atoms with Gasteiger partial charge in [0.05, 0.1) is 12.6 Å². The number of sulfonamides is 1. The second-order valence-electron chi connectivity index (χ2n) is 3.73. The van der Waals surface area contributed by atoms with Crippen LogP contribution < -0.4 is 10.0 Å². The van der Waals surface area contributed by atoms with Crippen LogP contribution in [-0.2, 0) is 14.8 Å². The summed E-state index contributed by atoms with van der Waals surface area (Å²) in [5.74, 6) is -0.348. The molecule has 0 aromatic carbocycles. The molecule has 1 saturated carbocycles. The molecule has 0 aromatic rings. The Kier molecular flexibility index (Phi) is 4.26. The molecule has 1 fully saturated rings. The lowest BCUT2D eigenvalue weighted by Gasteiger charge is -2.09. The van der Waals surface area contributed by atoms with Gasteiger partial charge in [-0.2, -0.15) is 5.26 Å². The van der Waals surface area contributed by atoms with Crippen LogP contribution >= 0.6 is 0 Å². The standard InChI is InChI=1S/C9H15N3O3S/c1-2-8(5-10)16(14,15)11-6-9(13)12-7-3-4-7/h7-8,11H,2-4,6H2,1H3,(H,12,13). The van der Waals surface area contributed by atoms with E-state index in [1.54, 1.807) is 13.0 Å². The van der Waals surface area contributed by atoms with Crippen LogP contribution in [0.4, 0.5) is 0 Å². The fraction of sp³-hybridized carbons (Fsp3) is 0.778. The fourth-order valence-corrected chi connectivity index (χ4v) is 2.26. The SMILES string of the molecule is CCC(C#N)S(=O)(=O)NCC(=O)NC1CC1. The minimum Gasteiger partial charge on any atom is -0.352 e. The van der Waals surface area contributed by atoms with E-state index < -0.39 is 15.3 Å². The Labute approximate surface area is 95.1 Å². The fourth-order valence-electron chi connectivity index (χ4n) is 1.15. The highest BCUT2D eigenvalue weighted by atomic mass is 32.2. The van der Waals surface area contributed by atoms with Crippen molar-refractivity contribution in [2.75, 3.05) is 6.54 Å². The first-order chi connectivity index (χ1) is 7.49. The summed E-state index contributed by atoms with van der Waals surface area (Å²) in [5, 5.41) is 10.2. The monoisotopic (exact) mass is 245 g/mol. The normalized spacial score (nSPS) is 17.5. The summed E-state index contributed by atoms with van der Waals surface area (Å²) < 4.78 is 25.1. The molecule has 0 aliphatic heterocycles. The van der Waals surface area contributed by atoms with Crippen molar-refractivity contribution in [2.45, 2.75) is 37.5 Å². The zero-order valence-electron chi connectivity index (χ0n) is 9.06. The van der Waals surface area contributed by atoms with Crippen LogP contribution in [0.3, 0.4) is 0 Å². The van der Waals surface area contributed by atoms with Crippen LogP contribution in [0.25, 0.3) is 0 Å². The van der Waals surface area contributed by atoms with Crippen molar-refractivity contribution < 1.29 is 13.2 Å². The van der Waals surface area contributed by atoms with Gasteiger partial charge in [0.1, 0.15) is 0 Å². The molecule has 0 saturated heterocycles. The van der Waals surface area contributed by atoms with Gasteiger partial charge in [0, 0.05) is 6.04 Å². The second-order valence-corrected chi connectivity index (χ2v) is 5.68. The molecule has 90 valence electrons. The van der Waals surface area contributed by atoms with Crippen LogP contribution in [0.1, 0.15) is 26.2 Å². The molecular formula is C9H15N3O3S. The van der Waals surface area contributed by atoms with Crippen LogP contribution in [0, 0.1) is 11.3 Å². The molecule has 1 aliphatic rings. The molecule has 1 aliphatic carbocycles. The van der Waals surface area contributed by atoms with Gasteiger partial charge in [-0.25, -0.2) is 13.1 Å². The predicted molar refractivity (Wildman–Crippen MR) is 57.8 cm³/mol. The van der Waals surface area contributed by atoms with Crippen molar-refractivity contribution in [3.63, 3.8) is 0 Å². The summed E-state index contributed by atoms with van der Waals surface area (Å²) in [4.78, 5) is 11.2. The third kappa shape index (κ3) is 3.79. The van der Waals surface area contributed by atoms with Crippen molar-refractivity contribution >= 4 is 15.9 Å². The zero-order valence-corrected chi connectivity index (χ0v) is 9.88. The highest BCUT2D eigenvalue weighted by molar-refractivity contribution is 7.90. The van der Waals surface area contributed by atoms with E-state index in [1.807, 2.05) is 0 Å². The Morgan fingerprint density at radius 2 is 2.19 bits per heavy atom. The van der Waals surface area contributed by atoms with Gasteiger partial charge in [0.15, 0.2) is 5.25 Å². The van der Waals surface area contributed by atoms with Gasteiger partial charge in [0.25, 0.3) is 0 Å². The molecule has 0 bridgehead atoms. The lowest BCUT2D eigenvalue weighted by Crippen LogP contribution is -2.41. The number of amides is 1. The van der Waals surface area contributed by atoms with Crippen molar-refractivity contribution in [1.82, 2.24) is 10.0 Å². The highest BCUT2D eigenvalue weighted by Gasteiger charge is 2.26. The molecule has 16 heavy (non-hydrogen) atoms. The van der Waals surface area contributed by atoms with Crippen LogP contribution in [0.5, 0.6) is 0 Å². The van der Waals surface area contributed by atoms with E-state index in [4.69, 9.17) is 5.26 Å². The molecule has 7 heteroatoms. The average Bonchev–Trinajstić information content (AvgIpc) is 3.00. The maximum atomic E-state index is 11.5. The molecular weight excluding hydrogens is 230 g/mol. The molecule has 6 nitrogen and oxygen atoms in total. The van der Waals surface area contributed by atoms with Crippen molar-refractivity contribution in [1.29, 1.82) is 5.26 Å². The molecule has 0 radical (unpaired) electrons. The maximum absolute atomic E-state index is 11.5. The minimum absolute atomic E-state index is 0.204. The molecule has 1 amide bonds. The topological polar surface area (TPSA) is 99.1 Å². The smallest absolute Gasteiger partial charge is 0.235 e. The lowest BCUT2D eigenvalue weighted by molar-refractivity contribution is -0.120. The van der Waals surface area contributed by atoms with Gasteiger partial charge in [-0.15, -0.1) is 0 Å². The Hall–Kier alpha value is -1.13. The number of nitrogens with zero attached hydrogens (tertiary/aromatic N) is 1. The Bertz CT molecular complexity index is 395. The number of hydrogen-bond acceptors (Lipinski definition) is 4. The van der Waals surface area contributed by atoms with Crippen LogP contribution in [-0.4, -0.2) is 32.2 Å². The van der Waals surface area contributed by atoms with Crippen molar-refractivity contribution in [3.8, 4) is 6.07 Å². The van der Waals surface area contributed by atoms with E-state index in [9.17, 15) is 13.2 Å². The third-order valence-corrected chi connectivity index (χ3v) is 4.00. The van der Waals surface area contributed by atoms with Crippen molar-refractivity contribution in [3.05, 3.63) is 0 Å². The van der Waals surface area contributed by atoms with E-state index >= 15 is 0 Å². The summed E-state index contributed by atoms with van der Waals surface area (Å²) in [6.45, 7) is 1.31. The molecule has 0 spiro atoms. The Morgan fingerprint density at radius 3 is 2.62 bits per heavy atom. The number of hydrogen-bond donors (Lipinski definition) is 2. The molecule has 1 rings (SSSR count). The first-order valence-electron chi connectivity index (χ1n) is 5.17. The van der Waals surface area contributed by atoms with Crippen molar-refractivity contribution in [2.24, 2.45) is 0 Å². The van der Waals surface area contributed by atoms with Crippen LogP contribution in [0.2, 0.25) is 0 Å². The largest absolute Gasteiger partial charge is 0.352 e. The van der Waals surface area contributed by atoms with Gasteiger partial charge in [-0.3, -0.25) is 4.79 Å². The summed E-state index contributed by atoms with van der Waals surface area (Å²) in [7, 11) is -3.70. The lowest BCUT2D eigenvalue weighted by atomic mass is 10.4. The summed E-state index contributed by atoms with van der Waals surface area (Å²) in [6.07, 6.45) is 2.11. The molecule has 1 atom stereocenters. The number of carbonyl (C=O) groups excluding carboxylic acids is 1. The zero-order chi connectivity index (χ0) is 12.2. The van der Waals surface area contributed by atoms with Gasteiger partial charge in [-0.1, -0.05) is 6.92 Å². The summed E-state index contributed by atoms with van der Waals surface area (Å²) in [5.41, 5.74) is 0. The third-order valence-electron chi connectivity index (χ3n) is 2.27. The predicted octanol–water partition coefficient (Wildman–Crippen LogP) is -0.513.